The van der Waals surface area contributed by atoms with Gasteiger partial charge in [0.1, 0.15) is 5.82 Å². The maximum Gasteiger partial charge on any atom is 0.322 e. The summed E-state index contributed by atoms with van der Waals surface area (Å²) < 4.78 is 17.8. The molecule has 0 bridgehead atoms. The predicted octanol–water partition coefficient (Wildman–Crippen LogP) is 2.28. The van der Waals surface area contributed by atoms with Crippen LogP contribution in [0, 0.1) is 5.82 Å². The summed E-state index contributed by atoms with van der Waals surface area (Å²) in [7, 11) is 1.43. The molecule has 5 nitrogen and oxygen atoms in total. The van der Waals surface area contributed by atoms with Crippen LogP contribution in [-0.2, 0) is 6.54 Å². The smallest absolute Gasteiger partial charge is 0.322 e. The van der Waals surface area contributed by atoms with Crippen molar-refractivity contribution in [1.29, 1.82) is 0 Å². The Morgan fingerprint density at radius 2 is 2.17 bits per heavy atom. The van der Waals surface area contributed by atoms with Gasteiger partial charge in [-0.2, -0.15) is 15.0 Å². The van der Waals surface area contributed by atoms with Crippen LogP contribution in [0.25, 0.3) is 0 Å². The molecule has 0 fully saturated rings. The van der Waals surface area contributed by atoms with Crippen molar-refractivity contribution in [1.82, 2.24) is 15.0 Å². The van der Waals surface area contributed by atoms with Crippen LogP contribution in [0.2, 0.25) is 5.28 Å². The van der Waals surface area contributed by atoms with Crippen molar-refractivity contribution < 1.29 is 9.13 Å². The number of rotatable bonds is 4. The zero-order valence-corrected chi connectivity index (χ0v) is 10.3. The standard InChI is InChI=1S/C11H10ClFN4O/c1-18-11-16-9(12)15-10(17-11)14-6-7-3-2-4-8(13)5-7/h2-5H,6H2,1H3,(H,14,15,16,17). The summed E-state index contributed by atoms with van der Waals surface area (Å²) in [5, 5.41) is 2.94. The van der Waals surface area contributed by atoms with E-state index in [4.69, 9.17) is 16.3 Å². The van der Waals surface area contributed by atoms with E-state index in [1.807, 2.05) is 0 Å². The molecule has 1 aromatic heterocycles. The van der Waals surface area contributed by atoms with Crippen LogP contribution in [0.4, 0.5) is 10.3 Å². The Labute approximate surface area is 108 Å². The molecule has 0 radical (unpaired) electrons. The van der Waals surface area contributed by atoms with E-state index in [-0.39, 0.29) is 23.1 Å². The Morgan fingerprint density at radius 3 is 2.89 bits per heavy atom. The molecule has 0 aliphatic rings. The lowest BCUT2D eigenvalue weighted by Crippen LogP contribution is -2.06. The minimum absolute atomic E-state index is 0.0311. The molecular formula is C11H10ClFN4O. The SMILES string of the molecule is COc1nc(Cl)nc(NCc2cccc(F)c2)n1. The van der Waals surface area contributed by atoms with Gasteiger partial charge in [0.05, 0.1) is 7.11 Å². The molecule has 0 spiro atoms. The molecule has 0 saturated carbocycles. The van der Waals surface area contributed by atoms with E-state index in [0.717, 1.165) is 5.56 Å². The van der Waals surface area contributed by atoms with Crippen LogP contribution in [0.15, 0.2) is 24.3 Å². The fourth-order valence-corrected chi connectivity index (χ4v) is 1.48. The first-order chi connectivity index (χ1) is 8.67. The second kappa shape index (κ2) is 5.59. The van der Waals surface area contributed by atoms with Crippen LogP contribution < -0.4 is 10.1 Å². The van der Waals surface area contributed by atoms with Gasteiger partial charge in [0.15, 0.2) is 0 Å². The highest BCUT2D eigenvalue weighted by Crippen LogP contribution is 2.12. The molecule has 7 heteroatoms. The molecule has 94 valence electrons. The molecule has 18 heavy (non-hydrogen) atoms. The first-order valence-corrected chi connectivity index (χ1v) is 5.49. The summed E-state index contributed by atoms with van der Waals surface area (Å²) in [5.41, 5.74) is 0.769. The largest absolute Gasteiger partial charge is 0.467 e. The second-order valence-corrected chi connectivity index (χ2v) is 3.74. The highest BCUT2D eigenvalue weighted by atomic mass is 35.5. The lowest BCUT2D eigenvalue weighted by atomic mass is 10.2. The lowest BCUT2D eigenvalue weighted by Gasteiger charge is -2.06. The Morgan fingerprint density at radius 1 is 1.33 bits per heavy atom. The summed E-state index contributed by atoms with van der Waals surface area (Å²) in [5.74, 6) is -0.0170. The first-order valence-electron chi connectivity index (χ1n) is 5.11. The number of halogens is 2. The number of hydrogen-bond donors (Lipinski definition) is 1. The summed E-state index contributed by atoms with van der Waals surface area (Å²) in [6, 6.07) is 6.35. The minimum Gasteiger partial charge on any atom is -0.467 e. The molecule has 1 aromatic carbocycles. The number of ether oxygens (including phenoxy) is 1. The van der Waals surface area contributed by atoms with Crippen molar-refractivity contribution in [2.24, 2.45) is 0 Å². The summed E-state index contributed by atoms with van der Waals surface area (Å²) in [4.78, 5) is 11.6. The van der Waals surface area contributed by atoms with Gasteiger partial charge in [-0.25, -0.2) is 4.39 Å². The lowest BCUT2D eigenvalue weighted by molar-refractivity contribution is 0.379. The molecule has 2 aromatic rings. The monoisotopic (exact) mass is 268 g/mol. The van der Waals surface area contributed by atoms with E-state index in [9.17, 15) is 4.39 Å². The average molecular weight is 269 g/mol. The average Bonchev–Trinajstić information content (AvgIpc) is 2.36. The van der Waals surface area contributed by atoms with Crippen molar-refractivity contribution in [2.75, 3.05) is 12.4 Å². The number of nitrogens with zero attached hydrogens (tertiary/aromatic N) is 3. The van der Waals surface area contributed by atoms with Crippen LogP contribution >= 0.6 is 11.6 Å². The molecule has 0 aliphatic heterocycles. The third-order valence-corrected chi connectivity index (χ3v) is 2.28. The van der Waals surface area contributed by atoms with E-state index < -0.39 is 0 Å². The third kappa shape index (κ3) is 3.27. The second-order valence-electron chi connectivity index (χ2n) is 3.40. The van der Waals surface area contributed by atoms with Gasteiger partial charge in [-0.15, -0.1) is 0 Å². The van der Waals surface area contributed by atoms with E-state index in [1.54, 1.807) is 12.1 Å². The molecule has 2 rings (SSSR count). The van der Waals surface area contributed by atoms with E-state index in [1.165, 1.54) is 19.2 Å². The Kier molecular flexibility index (Phi) is 3.88. The van der Waals surface area contributed by atoms with Gasteiger partial charge in [0.25, 0.3) is 0 Å². The van der Waals surface area contributed by atoms with Gasteiger partial charge in [0.2, 0.25) is 11.2 Å². The quantitative estimate of drug-likeness (QED) is 0.922. The van der Waals surface area contributed by atoms with Crippen molar-refractivity contribution in [3.8, 4) is 6.01 Å². The highest BCUT2D eigenvalue weighted by Gasteiger charge is 2.04. The highest BCUT2D eigenvalue weighted by molar-refractivity contribution is 6.28. The Bertz CT molecular complexity index is 552. The fourth-order valence-electron chi connectivity index (χ4n) is 1.33. The number of hydrogen-bond acceptors (Lipinski definition) is 5. The zero-order chi connectivity index (χ0) is 13.0. The Balaban J connectivity index is 2.08. The predicted molar refractivity (Wildman–Crippen MR) is 65.1 cm³/mol. The first kappa shape index (κ1) is 12.5. The number of anilines is 1. The van der Waals surface area contributed by atoms with Crippen molar-refractivity contribution >= 4 is 17.5 Å². The Hall–Kier alpha value is -1.95. The summed E-state index contributed by atoms with van der Waals surface area (Å²) in [6.45, 7) is 0.376. The van der Waals surface area contributed by atoms with E-state index in [0.29, 0.717) is 6.54 Å². The van der Waals surface area contributed by atoms with Gasteiger partial charge in [0, 0.05) is 6.54 Å². The van der Waals surface area contributed by atoms with Crippen LogP contribution in [0.1, 0.15) is 5.56 Å². The molecule has 0 aliphatic carbocycles. The molecule has 1 heterocycles. The van der Waals surface area contributed by atoms with Gasteiger partial charge in [-0.3, -0.25) is 0 Å². The van der Waals surface area contributed by atoms with Crippen LogP contribution in [0.5, 0.6) is 6.01 Å². The zero-order valence-electron chi connectivity index (χ0n) is 9.52. The number of aromatic nitrogens is 3. The third-order valence-electron chi connectivity index (χ3n) is 2.11. The van der Waals surface area contributed by atoms with Gasteiger partial charge in [-0.05, 0) is 29.3 Å². The van der Waals surface area contributed by atoms with Crippen molar-refractivity contribution in [3.05, 3.63) is 40.9 Å². The molecule has 1 N–H and O–H groups in total. The molecule has 0 saturated heterocycles. The topological polar surface area (TPSA) is 59.9 Å². The molecule has 0 unspecified atom stereocenters. The van der Waals surface area contributed by atoms with Crippen molar-refractivity contribution in [3.63, 3.8) is 0 Å². The van der Waals surface area contributed by atoms with Gasteiger partial charge < -0.3 is 10.1 Å². The van der Waals surface area contributed by atoms with Crippen LogP contribution in [0.3, 0.4) is 0 Å². The summed E-state index contributed by atoms with van der Waals surface area (Å²) >= 11 is 5.69. The van der Waals surface area contributed by atoms with E-state index >= 15 is 0 Å². The molecule has 0 amide bonds. The van der Waals surface area contributed by atoms with Gasteiger partial charge >= 0.3 is 6.01 Å². The maximum atomic E-state index is 13.0. The maximum absolute atomic E-state index is 13.0. The van der Waals surface area contributed by atoms with Crippen LogP contribution in [-0.4, -0.2) is 22.1 Å². The van der Waals surface area contributed by atoms with Gasteiger partial charge in [-0.1, -0.05) is 12.1 Å². The fraction of sp³-hybridized carbons (Fsp3) is 0.182. The number of nitrogens with one attached hydrogen (secondary N) is 1. The normalized spacial score (nSPS) is 10.2. The summed E-state index contributed by atoms with van der Waals surface area (Å²) in [6.07, 6.45) is 0. The van der Waals surface area contributed by atoms with E-state index in [2.05, 4.69) is 20.3 Å². The molecular weight excluding hydrogens is 259 g/mol. The number of methoxy groups -OCH3 is 1. The number of benzene rings is 1. The molecule has 0 atom stereocenters. The van der Waals surface area contributed by atoms with Crippen molar-refractivity contribution in [2.45, 2.75) is 6.54 Å². The minimum atomic E-state index is -0.291.